The maximum Gasteiger partial charge on any atom is 0.249 e. The van der Waals surface area contributed by atoms with E-state index in [-0.39, 0.29) is 30.2 Å². The molecule has 16 heavy (non-hydrogen) atoms. The highest BCUT2D eigenvalue weighted by Gasteiger charge is 2.53. The predicted molar refractivity (Wildman–Crippen MR) is 56.7 cm³/mol. The SMILES string of the molecule is NC1C2CCOC2C1NC(=O)[C@H]1CCCO1. The summed E-state index contributed by atoms with van der Waals surface area (Å²) in [6.07, 6.45) is 2.69. The number of nitrogens with two attached hydrogens (primary N) is 1. The molecule has 5 heteroatoms. The zero-order chi connectivity index (χ0) is 11.1. The molecule has 2 saturated heterocycles. The molecule has 0 aromatic heterocycles. The molecule has 90 valence electrons. The molecule has 3 fully saturated rings. The van der Waals surface area contributed by atoms with E-state index >= 15 is 0 Å². The summed E-state index contributed by atoms with van der Waals surface area (Å²) in [6, 6.07) is 0.0436. The predicted octanol–water partition coefficient (Wildman–Crippen LogP) is -0.604. The lowest BCUT2D eigenvalue weighted by atomic mass is 9.72. The lowest BCUT2D eigenvalue weighted by Crippen LogP contribution is -2.69. The molecule has 5 nitrogen and oxygen atoms in total. The van der Waals surface area contributed by atoms with Crippen molar-refractivity contribution in [2.24, 2.45) is 11.7 Å². The molecule has 3 aliphatic rings. The molecule has 1 amide bonds. The molecule has 0 aromatic carbocycles. The maximum atomic E-state index is 11.8. The van der Waals surface area contributed by atoms with Crippen LogP contribution in [0.3, 0.4) is 0 Å². The van der Waals surface area contributed by atoms with E-state index in [0.29, 0.717) is 12.5 Å². The van der Waals surface area contributed by atoms with Crippen molar-refractivity contribution in [2.45, 2.75) is 43.6 Å². The third kappa shape index (κ3) is 1.54. The number of hydrogen-bond donors (Lipinski definition) is 2. The summed E-state index contributed by atoms with van der Waals surface area (Å²) in [5.41, 5.74) is 6.02. The van der Waals surface area contributed by atoms with Gasteiger partial charge in [0, 0.05) is 25.2 Å². The van der Waals surface area contributed by atoms with E-state index in [1.807, 2.05) is 0 Å². The average molecular weight is 226 g/mol. The highest BCUT2D eigenvalue weighted by molar-refractivity contribution is 5.81. The number of carbonyl (C=O) groups excluding carboxylic acids is 1. The first-order chi connectivity index (χ1) is 7.77. The van der Waals surface area contributed by atoms with Crippen molar-refractivity contribution in [1.29, 1.82) is 0 Å². The molecule has 0 radical (unpaired) electrons. The molecule has 1 aliphatic carbocycles. The quantitative estimate of drug-likeness (QED) is 0.659. The summed E-state index contributed by atoms with van der Waals surface area (Å²) in [7, 11) is 0. The van der Waals surface area contributed by atoms with E-state index in [0.717, 1.165) is 25.9 Å². The van der Waals surface area contributed by atoms with Crippen molar-refractivity contribution < 1.29 is 14.3 Å². The van der Waals surface area contributed by atoms with E-state index < -0.39 is 0 Å². The fourth-order valence-electron chi connectivity index (χ4n) is 2.97. The minimum atomic E-state index is -0.271. The van der Waals surface area contributed by atoms with Crippen molar-refractivity contribution >= 4 is 5.91 Å². The van der Waals surface area contributed by atoms with Crippen LogP contribution in [0.15, 0.2) is 0 Å². The Balaban J connectivity index is 1.56. The van der Waals surface area contributed by atoms with Crippen LogP contribution >= 0.6 is 0 Å². The highest BCUT2D eigenvalue weighted by Crippen LogP contribution is 2.37. The van der Waals surface area contributed by atoms with Gasteiger partial charge in [0.05, 0.1) is 12.1 Å². The number of hydrogen-bond acceptors (Lipinski definition) is 4. The monoisotopic (exact) mass is 226 g/mol. The number of fused-ring (bicyclic) bond motifs is 1. The first-order valence-electron chi connectivity index (χ1n) is 6.06. The number of amides is 1. The van der Waals surface area contributed by atoms with Gasteiger partial charge in [-0.2, -0.15) is 0 Å². The fourth-order valence-corrected chi connectivity index (χ4v) is 2.97. The van der Waals surface area contributed by atoms with Crippen LogP contribution in [0, 0.1) is 5.92 Å². The second-order valence-corrected chi connectivity index (χ2v) is 4.90. The number of nitrogens with one attached hydrogen (secondary N) is 1. The molecule has 0 aromatic rings. The van der Waals surface area contributed by atoms with Crippen molar-refractivity contribution in [3.63, 3.8) is 0 Å². The summed E-state index contributed by atoms with van der Waals surface area (Å²) in [4.78, 5) is 11.8. The largest absolute Gasteiger partial charge is 0.376 e. The summed E-state index contributed by atoms with van der Waals surface area (Å²) < 4.78 is 10.9. The summed E-state index contributed by atoms with van der Waals surface area (Å²) >= 11 is 0. The number of rotatable bonds is 2. The smallest absolute Gasteiger partial charge is 0.249 e. The first-order valence-corrected chi connectivity index (χ1v) is 6.06. The standard InChI is InChI=1S/C11H18N2O3/c12-8-6-3-5-16-10(6)9(8)13-11(14)7-2-1-4-15-7/h6-10H,1-5,12H2,(H,13,14)/t6?,7-,8?,9?,10?/m1/s1. The summed E-state index contributed by atoms with van der Waals surface area (Å²) in [5, 5.41) is 2.97. The van der Waals surface area contributed by atoms with Crippen LogP contribution in [0.5, 0.6) is 0 Å². The Morgan fingerprint density at radius 1 is 1.25 bits per heavy atom. The number of carbonyl (C=O) groups is 1. The van der Waals surface area contributed by atoms with Gasteiger partial charge in [-0.15, -0.1) is 0 Å². The second-order valence-electron chi connectivity index (χ2n) is 4.90. The first kappa shape index (κ1) is 10.5. The third-order valence-corrected chi connectivity index (χ3v) is 3.98. The Bertz CT molecular complexity index is 291. The van der Waals surface area contributed by atoms with Crippen molar-refractivity contribution in [3.05, 3.63) is 0 Å². The van der Waals surface area contributed by atoms with Gasteiger partial charge in [0.25, 0.3) is 0 Å². The molecular weight excluding hydrogens is 208 g/mol. The lowest BCUT2D eigenvalue weighted by Gasteiger charge is -2.45. The van der Waals surface area contributed by atoms with Gasteiger partial charge in [0.1, 0.15) is 6.10 Å². The Morgan fingerprint density at radius 2 is 2.12 bits per heavy atom. The Kier molecular flexibility index (Phi) is 2.61. The van der Waals surface area contributed by atoms with E-state index in [1.54, 1.807) is 0 Å². The van der Waals surface area contributed by atoms with Crippen molar-refractivity contribution in [3.8, 4) is 0 Å². The zero-order valence-corrected chi connectivity index (χ0v) is 9.22. The van der Waals surface area contributed by atoms with Crippen LogP contribution < -0.4 is 11.1 Å². The maximum absolute atomic E-state index is 11.8. The molecule has 1 saturated carbocycles. The number of ether oxygens (including phenoxy) is 2. The van der Waals surface area contributed by atoms with Crippen molar-refractivity contribution in [1.82, 2.24) is 5.32 Å². The Hall–Kier alpha value is -0.650. The van der Waals surface area contributed by atoms with E-state index in [2.05, 4.69) is 5.32 Å². The molecule has 0 spiro atoms. The van der Waals surface area contributed by atoms with Gasteiger partial charge < -0.3 is 20.5 Å². The summed E-state index contributed by atoms with van der Waals surface area (Å²) in [6.45, 7) is 1.46. The molecule has 4 unspecified atom stereocenters. The molecule has 2 aliphatic heterocycles. The van der Waals surface area contributed by atoms with Gasteiger partial charge in [-0.05, 0) is 19.3 Å². The van der Waals surface area contributed by atoms with Gasteiger partial charge in [0.15, 0.2) is 0 Å². The lowest BCUT2D eigenvalue weighted by molar-refractivity contribution is -0.134. The third-order valence-electron chi connectivity index (χ3n) is 3.98. The van der Waals surface area contributed by atoms with Gasteiger partial charge >= 0.3 is 0 Å². The highest BCUT2D eigenvalue weighted by atomic mass is 16.5. The summed E-state index contributed by atoms with van der Waals surface area (Å²) in [5.74, 6) is 0.418. The topological polar surface area (TPSA) is 73.6 Å². The van der Waals surface area contributed by atoms with Crippen LogP contribution in [-0.2, 0) is 14.3 Å². The van der Waals surface area contributed by atoms with Gasteiger partial charge in [-0.25, -0.2) is 0 Å². The second kappa shape index (κ2) is 3.98. The molecule has 5 atom stereocenters. The van der Waals surface area contributed by atoms with Crippen LogP contribution in [0.1, 0.15) is 19.3 Å². The van der Waals surface area contributed by atoms with Crippen molar-refractivity contribution in [2.75, 3.05) is 13.2 Å². The van der Waals surface area contributed by atoms with Gasteiger partial charge in [-0.1, -0.05) is 0 Å². The van der Waals surface area contributed by atoms with E-state index in [9.17, 15) is 4.79 Å². The van der Waals surface area contributed by atoms with Crippen LogP contribution in [0.25, 0.3) is 0 Å². The van der Waals surface area contributed by atoms with Crippen LogP contribution in [-0.4, -0.2) is 43.4 Å². The van der Waals surface area contributed by atoms with E-state index in [1.165, 1.54) is 0 Å². The van der Waals surface area contributed by atoms with E-state index in [4.69, 9.17) is 15.2 Å². The van der Waals surface area contributed by atoms with Crippen LogP contribution in [0.2, 0.25) is 0 Å². The molecule has 3 rings (SSSR count). The molecular formula is C11H18N2O3. The molecule has 2 heterocycles. The Morgan fingerprint density at radius 3 is 2.88 bits per heavy atom. The van der Waals surface area contributed by atoms with Gasteiger partial charge in [-0.3, -0.25) is 4.79 Å². The minimum Gasteiger partial charge on any atom is -0.376 e. The zero-order valence-electron chi connectivity index (χ0n) is 9.22. The van der Waals surface area contributed by atoms with Gasteiger partial charge in [0.2, 0.25) is 5.91 Å². The Labute approximate surface area is 94.6 Å². The molecule has 3 N–H and O–H groups in total. The van der Waals surface area contributed by atoms with Crippen LogP contribution in [0.4, 0.5) is 0 Å². The molecule has 0 bridgehead atoms. The normalized spacial score (nSPS) is 46.2. The fraction of sp³-hybridized carbons (Fsp3) is 0.909. The minimum absolute atomic E-state index is 0.0100. The average Bonchev–Trinajstić information content (AvgIpc) is 2.94.